The highest BCUT2D eigenvalue weighted by atomic mass is 16.2. The first-order valence-electron chi connectivity index (χ1n) is 8.95. The number of hydrogen-bond acceptors (Lipinski definition) is 4. The Morgan fingerprint density at radius 1 is 1.11 bits per heavy atom. The minimum Gasteiger partial charge on any atom is -0.336 e. The standard InChI is InChI=1S/C21H20N4O2/c1-24(20(26)18-13-22-16-9-5-6-10-17(16)23-18)19-11-12-25(21(19)27)14-15-7-3-2-4-8-15/h2-10,13,19H,11-12,14H2,1H3. The third-order valence-electron chi connectivity index (χ3n) is 4.94. The number of likely N-dealkylation sites (N-methyl/N-ethyl adjacent to an activating group) is 1. The Morgan fingerprint density at radius 2 is 1.81 bits per heavy atom. The van der Waals surface area contributed by atoms with Crippen molar-refractivity contribution in [2.75, 3.05) is 13.6 Å². The lowest BCUT2D eigenvalue weighted by Crippen LogP contribution is -2.43. The Balaban J connectivity index is 1.49. The van der Waals surface area contributed by atoms with Crippen LogP contribution < -0.4 is 0 Å². The fraction of sp³-hybridized carbons (Fsp3) is 0.238. The van der Waals surface area contributed by atoms with Gasteiger partial charge in [-0.2, -0.15) is 0 Å². The van der Waals surface area contributed by atoms with Crippen LogP contribution in [0.4, 0.5) is 0 Å². The summed E-state index contributed by atoms with van der Waals surface area (Å²) in [5.74, 6) is -0.309. The summed E-state index contributed by atoms with van der Waals surface area (Å²) < 4.78 is 0. The fourth-order valence-electron chi connectivity index (χ4n) is 3.43. The first-order valence-corrected chi connectivity index (χ1v) is 8.95. The Hall–Kier alpha value is -3.28. The fourth-order valence-corrected chi connectivity index (χ4v) is 3.43. The molecule has 2 amide bonds. The van der Waals surface area contributed by atoms with Crippen molar-refractivity contribution in [3.63, 3.8) is 0 Å². The molecule has 136 valence electrons. The lowest BCUT2D eigenvalue weighted by molar-refractivity contribution is -0.131. The van der Waals surface area contributed by atoms with Crippen LogP contribution in [0.5, 0.6) is 0 Å². The zero-order valence-electron chi connectivity index (χ0n) is 15.1. The van der Waals surface area contributed by atoms with E-state index in [4.69, 9.17) is 0 Å². The zero-order chi connectivity index (χ0) is 18.8. The zero-order valence-corrected chi connectivity index (χ0v) is 15.1. The first kappa shape index (κ1) is 17.1. The second-order valence-corrected chi connectivity index (χ2v) is 6.71. The summed E-state index contributed by atoms with van der Waals surface area (Å²) in [6.07, 6.45) is 2.09. The number of aromatic nitrogens is 2. The van der Waals surface area contributed by atoms with Gasteiger partial charge in [0.1, 0.15) is 11.7 Å². The van der Waals surface area contributed by atoms with Crippen LogP contribution in [0.1, 0.15) is 22.5 Å². The minimum absolute atomic E-state index is 0.0246. The van der Waals surface area contributed by atoms with E-state index in [1.54, 1.807) is 11.9 Å². The number of nitrogens with zero attached hydrogens (tertiary/aromatic N) is 4. The van der Waals surface area contributed by atoms with Gasteiger partial charge in [-0.3, -0.25) is 14.6 Å². The van der Waals surface area contributed by atoms with Gasteiger partial charge in [0.05, 0.1) is 17.2 Å². The van der Waals surface area contributed by atoms with E-state index in [1.807, 2.05) is 54.6 Å². The lowest BCUT2D eigenvalue weighted by atomic mass is 10.2. The number of fused-ring (bicyclic) bond motifs is 1. The molecular formula is C21H20N4O2. The quantitative estimate of drug-likeness (QED) is 0.717. The molecule has 1 fully saturated rings. The van der Waals surface area contributed by atoms with Crippen LogP contribution in [0.25, 0.3) is 11.0 Å². The van der Waals surface area contributed by atoms with E-state index < -0.39 is 6.04 Å². The maximum absolute atomic E-state index is 12.8. The van der Waals surface area contributed by atoms with Gasteiger partial charge in [-0.25, -0.2) is 4.98 Å². The minimum atomic E-state index is -0.463. The molecule has 0 saturated carbocycles. The summed E-state index contributed by atoms with van der Waals surface area (Å²) in [5.41, 5.74) is 2.74. The van der Waals surface area contributed by atoms with E-state index in [0.717, 1.165) is 11.1 Å². The monoisotopic (exact) mass is 360 g/mol. The molecule has 2 aromatic carbocycles. The smallest absolute Gasteiger partial charge is 0.274 e. The number of para-hydroxylation sites is 2. The molecule has 0 bridgehead atoms. The van der Waals surface area contributed by atoms with Crippen molar-refractivity contribution < 1.29 is 9.59 Å². The summed E-state index contributed by atoms with van der Waals surface area (Å²) in [6.45, 7) is 1.20. The Kier molecular flexibility index (Phi) is 4.54. The van der Waals surface area contributed by atoms with E-state index in [0.29, 0.717) is 25.0 Å². The van der Waals surface area contributed by atoms with Crippen LogP contribution in [0.3, 0.4) is 0 Å². The van der Waals surface area contributed by atoms with Gasteiger partial charge in [0, 0.05) is 20.1 Å². The normalized spacial score (nSPS) is 16.7. The van der Waals surface area contributed by atoms with Crippen molar-refractivity contribution in [3.8, 4) is 0 Å². The van der Waals surface area contributed by atoms with E-state index in [-0.39, 0.29) is 17.5 Å². The Labute approximate surface area is 157 Å². The highest BCUT2D eigenvalue weighted by Crippen LogP contribution is 2.20. The molecule has 0 radical (unpaired) electrons. The molecular weight excluding hydrogens is 340 g/mol. The van der Waals surface area contributed by atoms with Crippen molar-refractivity contribution >= 4 is 22.8 Å². The molecule has 6 nitrogen and oxygen atoms in total. The van der Waals surface area contributed by atoms with Crippen molar-refractivity contribution in [2.24, 2.45) is 0 Å². The van der Waals surface area contributed by atoms with Crippen LogP contribution in [0.2, 0.25) is 0 Å². The Bertz CT molecular complexity index is 990. The molecule has 1 unspecified atom stereocenters. The number of likely N-dealkylation sites (tertiary alicyclic amines) is 1. The molecule has 1 aliphatic heterocycles. The summed E-state index contributed by atoms with van der Waals surface area (Å²) in [6, 6.07) is 16.8. The third-order valence-corrected chi connectivity index (χ3v) is 4.94. The molecule has 1 aromatic heterocycles. The van der Waals surface area contributed by atoms with E-state index in [9.17, 15) is 9.59 Å². The number of amides is 2. The van der Waals surface area contributed by atoms with Crippen LogP contribution in [-0.4, -0.2) is 51.2 Å². The number of rotatable bonds is 4. The predicted octanol–water partition coefficient (Wildman–Crippen LogP) is 2.50. The maximum Gasteiger partial charge on any atom is 0.274 e. The number of benzene rings is 2. The largest absolute Gasteiger partial charge is 0.336 e. The molecule has 0 aliphatic carbocycles. The topological polar surface area (TPSA) is 66.4 Å². The predicted molar refractivity (Wildman–Crippen MR) is 102 cm³/mol. The van der Waals surface area contributed by atoms with Crippen molar-refractivity contribution in [1.29, 1.82) is 0 Å². The molecule has 0 spiro atoms. The molecule has 1 saturated heterocycles. The molecule has 27 heavy (non-hydrogen) atoms. The van der Waals surface area contributed by atoms with Gasteiger partial charge in [0.25, 0.3) is 5.91 Å². The van der Waals surface area contributed by atoms with Crippen molar-refractivity contribution in [1.82, 2.24) is 19.8 Å². The van der Waals surface area contributed by atoms with Gasteiger partial charge >= 0.3 is 0 Å². The van der Waals surface area contributed by atoms with E-state index in [2.05, 4.69) is 9.97 Å². The molecule has 6 heteroatoms. The SMILES string of the molecule is CN(C(=O)c1cnc2ccccc2n1)C1CCN(Cc2ccccc2)C1=O. The summed E-state index contributed by atoms with van der Waals surface area (Å²) in [5, 5.41) is 0. The van der Waals surface area contributed by atoms with E-state index in [1.165, 1.54) is 11.1 Å². The molecule has 4 rings (SSSR count). The van der Waals surface area contributed by atoms with Crippen LogP contribution in [0, 0.1) is 0 Å². The van der Waals surface area contributed by atoms with Crippen LogP contribution >= 0.6 is 0 Å². The van der Waals surface area contributed by atoms with Gasteiger partial charge in [-0.15, -0.1) is 0 Å². The van der Waals surface area contributed by atoms with Crippen molar-refractivity contribution in [3.05, 3.63) is 72.1 Å². The second-order valence-electron chi connectivity index (χ2n) is 6.71. The van der Waals surface area contributed by atoms with Crippen LogP contribution in [0.15, 0.2) is 60.8 Å². The molecule has 0 N–H and O–H groups in total. The van der Waals surface area contributed by atoms with E-state index >= 15 is 0 Å². The highest BCUT2D eigenvalue weighted by Gasteiger charge is 2.37. The summed E-state index contributed by atoms with van der Waals surface area (Å²) in [7, 11) is 1.66. The average Bonchev–Trinajstić information content (AvgIpc) is 3.07. The molecule has 2 heterocycles. The first-order chi connectivity index (χ1) is 13.1. The summed E-state index contributed by atoms with van der Waals surface area (Å²) >= 11 is 0. The number of carbonyl (C=O) groups is 2. The highest BCUT2D eigenvalue weighted by molar-refractivity contribution is 5.97. The lowest BCUT2D eigenvalue weighted by Gasteiger charge is -2.23. The number of hydrogen-bond donors (Lipinski definition) is 0. The van der Waals surface area contributed by atoms with Crippen molar-refractivity contribution in [2.45, 2.75) is 19.0 Å². The van der Waals surface area contributed by atoms with Gasteiger partial charge in [0.15, 0.2) is 0 Å². The maximum atomic E-state index is 12.8. The third kappa shape index (κ3) is 3.38. The van der Waals surface area contributed by atoms with Gasteiger partial charge in [-0.1, -0.05) is 42.5 Å². The molecule has 1 atom stereocenters. The molecule has 1 aliphatic rings. The number of carbonyl (C=O) groups excluding carboxylic acids is 2. The summed E-state index contributed by atoms with van der Waals surface area (Å²) in [4.78, 5) is 37.6. The van der Waals surface area contributed by atoms with Crippen LogP contribution in [-0.2, 0) is 11.3 Å². The average molecular weight is 360 g/mol. The van der Waals surface area contributed by atoms with Gasteiger partial charge in [-0.05, 0) is 24.1 Å². The van der Waals surface area contributed by atoms with Gasteiger partial charge < -0.3 is 9.80 Å². The van der Waals surface area contributed by atoms with Gasteiger partial charge in [0.2, 0.25) is 5.91 Å². The second kappa shape index (κ2) is 7.15. The Morgan fingerprint density at radius 3 is 2.59 bits per heavy atom. The molecule has 3 aromatic rings.